The van der Waals surface area contributed by atoms with Gasteiger partial charge in [-0.15, -0.1) is 0 Å². The quantitative estimate of drug-likeness (QED) is 0.353. The molecule has 0 radical (unpaired) electrons. The number of carbonyl (C=O) groups is 1. The lowest BCUT2D eigenvalue weighted by Crippen LogP contribution is -2.54. The topological polar surface area (TPSA) is 115 Å². The predicted octanol–water partition coefficient (Wildman–Crippen LogP) is 4.96. The van der Waals surface area contributed by atoms with Gasteiger partial charge in [-0.3, -0.25) is 14.1 Å². The fourth-order valence-electron chi connectivity index (χ4n) is 4.68. The average molecular weight is 619 g/mol. The van der Waals surface area contributed by atoms with E-state index >= 15 is 0 Å². The highest BCUT2D eigenvalue weighted by Gasteiger charge is 2.50. The van der Waals surface area contributed by atoms with Gasteiger partial charge in [-0.05, 0) is 41.5 Å². The maximum absolute atomic E-state index is 14.2. The molecule has 2 aliphatic heterocycles. The van der Waals surface area contributed by atoms with Crippen LogP contribution in [0, 0.1) is 11.2 Å². The number of carboxylic acid groups (broad SMARTS) is 1. The summed E-state index contributed by atoms with van der Waals surface area (Å²) >= 11 is 0. The Morgan fingerprint density at radius 1 is 1.12 bits per heavy atom. The van der Waals surface area contributed by atoms with E-state index in [4.69, 9.17) is 9.47 Å². The van der Waals surface area contributed by atoms with Crippen molar-refractivity contribution in [1.82, 2.24) is 4.98 Å². The number of nitrogens with zero attached hydrogens (tertiary/aromatic N) is 2. The molecule has 0 saturated carbocycles. The van der Waals surface area contributed by atoms with Crippen LogP contribution in [0.3, 0.4) is 0 Å². The molecule has 2 aromatic carbocycles. The zero-order valence-electron chi connectivity index (χ0n) is 21.1. The first-order valence-corrected chi connectivity index (χ1v) is 13.5. The summed E-state index contributed by atoms with van der Waals surface area (Å²) in [5.41, 5.74) is -2.70. The van der Waals surface area contributed by atoms with E-state index in [2.05, 4.69) is 9.72 Å². The van der Waals surface area contributed by atoms with E-state index in [1.54, 1.807) is 0 Å². The number of benzene rings is 2. The number of fused-ring (bicyclic) bond motifs is 1. The predicted molar refractivity (Wildman–Crippen MR) is 132 cm³/mol. The maximum Gasteiger partial charge on any atom is 0.417 e. The number of pyridine rings is 1. The lowest BCUT2D eigenvalue weighted by atomic mass is 9.80. The third kappa shape index (κ3) is 5.68. The lowest BCUT2D eigenvalue weighted by molar-refractivity contribution is -0.184. The molecule has 0 aliphatic carbocycles. The van der Waals surface area contributed by atoms with Crippen LogP contribution >= 0.6 is 0 Å². The molecule has 224 valence electrons. The van der Waals surface area contributed by atoms with E-state index < -0.39 is 68.9 Å². The van der Waals surface area contributed by atoms with Crippen molar-refractivity contribution >= 4 is 21.7 Å². The summed E-state index contributed by atoms with van der Waals surface area (Å²) in [6.07, 6.45) is -4.95. The number of carboxylic acids is 1. The first kappa shape index (κ1) is 29.4. The van der Waals surface area contributed by atoms with E-state index in [1.807, 2.05) is 0 Å². The van der Waals surface area contributed by atoms with Gasteiger partial charge < -0.3 is 19.3 Å². The summed E-state index contributed by atoms with van der Waals surface area (Å²) < 4.78 is 123. The van der Waals surface area contributed by atoms with E-state index in [1.165, 1.54) is 18.2 Å². The zero-order valence-corrected chi connectivity index (χ0v) is 22.0. The molecular formula is C26H20F6N2O7S. The Morgan fingerprint density at radius 2 is 1.86 bits per heavy atom. The van der Waals surface area contributed by atoms with Crippen LogP contribution in [0.4, 0.5) is 32.0 Å². The van der Waals surface area contributed by atoms with Crippen LogP contribution in [0.25, 0.3) is 11.1 Å². The Kier molecular flexibility index (Phi) is 7.47. The van der Waals surface area contributed by atoms with Gasteiger partial charge in [0, 0.05) is 24.9 Å². The molecule has 1 unspecified atom stereocenters. The van der Waals surface area contributed by atoms with Crippen molar-refractivity contribution in [2.24, 2.45) is 5.41 Å². The molecule has 16 heteroatoms. The van der Waals surface area contributed by atoms with Gasteiger partial charge in [-0.25, -0.2) is 12.8 Å². The van der Waals surface area contributed by atoms with Gasteiger partial charge in [0.25, 0.3) is 10.0 Å². The molecule has 1 fully saturated rings. The summed E-state index contributed by atoms with van der Waals surface area (Å²) in [7, 11) is -4.77. The Balaban J connectivity index is 1.60. The summed E-state index contributed by atoms with van der Waals surface area (Å²) in [5, 5.41) is 9.71. The Hall–Kier alpha value is -4.05. The number of sulfonamides is 1. The van der Waals surface area contributed by atoms with Gasteiger partial charge in [-0.1, -0.05) is 6.07 Å². The third-order valence-corrected chi connectivity index (χ3v) is 8.52. The monoisotopic (exact) mass is 618 g/mol. The second-order valence-electron chi connectivity index (χ2n) is 9.70. The summed E-state index contributed by atoms with van der Waals surface area (Å²) in [6, 6.07) is 7.11. The van der Waals surface area contributed by atoms with Crippen LogP contribution in [0.2, 0.25) is 0 Å². The smallest absolute Gasteiger partial charge is 0.417 e. The number of hydrogen-bond donors (Lipinski definition) is 1. The molecule has 3 aromatic rings. The molecule has 0 spiro atoms. The molecule has 1 saturated heterocycles. The van der Waals surface area contributed by atoms with Crippen LogP contribution in [-0.2, 0) is 25.7 Å². The zero-order chi connectivity index (χ0) is 30.4. The number of aromatic nitrogens is 1. The number of aliphatic carboxylic acids is 1. The van der Waals surface area contributed by atoms with Gasteiger partial charge in [-0.2, -0.15) is 22.0 Å². The fraction of sp³-hybridized carbons (Fsp3) is 0.308. The van der Waals surface area contributed by atoms with Gasteiger partial charge in [0.15, 0.2) is 0 Å². The third-order valence-electron chi connectivity index (χ3n) is 6.78. The molecule has 9 nitrogen and oxygen atoms in total. The van der Waals surface area contributed by atoms with E-state index in [9.17, 15) is 44.7 Å². The molecular weight excluding hydrogens is 598 g/mol. The molecule has 5 rings (SSSR count). The van der Waals surface area contributed by atoms with Crippen LogP contribution in [0.5, 0.6) is 11.5 Å². The summed E-state index contributed by atoms with van der Waals surface area (Å²) in [5.74, 6) is -2.70. The van der Waals surface area contributed by atoms with Gasteiger partial charge in [0.05, 0.1) is 31.0 Å². The molecule has 1 aromatic heterocycles. The molecule has 1 N–H and O–H groups in total. The lowest BCUT2D eigenvalue weighted by Gasteiger charge is -2.42. The Bertz CT molecular complexity index is 1630. The molecule has 1 atom stereocenters. The number of rotatable bonds is 8. The SMILES string of the molecule is O=C(O)C1(CC2CN(S(=O)(=O)c3cncc(C(F)(F)F)c3)c3cc(-c4cc(F)cc(OC(F)F)c4)ccc3O2)COC1. The first-order chi connectivity index (χ1) is 19.7. The van der Waals surface area contributed by atoms with Gasteiger partial charge in [0.2, 0.25) is 0 Å². The van der Waals surface area contributed by atoms with Gasteiger partial charge in [0.1, 0.15) is 33.7 Å². The largest absolute Gasteiger partial charge is 0.486 e. The standard InChI is InChI=1S/C26H20F6N2O7S/c27-17-3-15(4-18(7-17)41-24(28)29)14-1-2-22-21(5-14)34(11-19(40-22)8-25(23(35)36)12-39-13-25)42(37,38)20-6-16(9-33-10-20)26(30,31)32/h1-7,9-10,19,24H,8,11-13H2,(H,35,36). The van der Waals surface area contributed by atoms with E-state index in [-0.39, 0.29) is 42.2 Å². The second kappa shape index (κ2) is 10.7. The van der Waals surface area contributed by atoms with Gasteiger partial charge >= 0.3 is 18.8 Å². The maximum atomic E-state index is 14.2. The highest BCUT2D eigenvalue weighted by atomic mass is 32.2. The van der Waals surface area contributed by atoms with Crippen LogP contribution in [0.1, 0.15) is 12.0 Å². The number of ether oxygens (including phenoxy) is 3. The first-order valence-electron chi connectivity index (χ1n) is 12.1. The van der Waals surface area contributed by atoms with Crippen molar-refractivity contribution in [3.05, 3.63) is 66.2 Å². The number of halogens is 6. The van der Waals surface area contributed by atoms with Crippen LogP contribution < -0.4 is 13.8 Å². The van der Waals surface area contributed by atoms with Crippen molar-refractivity contribution < 1.29 is 58.9 Å². The average Bonchev–Trinajstić information content (AvgIpc) is 2.88. The molecule has 0 bridgehead atoms. The summed E-state index contributed by atoms with van der Waals surface area (Å²) in [6.45, 7) is -4.06. The molecule has 42 heavy (non-hydrogen) atoms. The number of anilines is 1. The van der Waals surface area contributed by atoms with Crippen molar-refractivity contribution in [2.75, 3.05) is 24.1 Å². The highest BCUT2D eigenvalue weighted by molar-refractivity contribution is 7.92. The van der Waals surface area contributed by atoms with Crippen molar-refractivity contribution in [1.29, 1.82) is 0 Å². The Labute approximate surface area is 234 Å². The summed E-state index contributed by atoms with van der Waals surface area (Å²) in [4.78, 5) is 14.5. The van der Waals surface area contributed by atoms with Crippen LogP contribution in [-0.4, -0.2) is 57.0 Å². The second-order valence-corrected chi connectivity index (χ2v) is 11.6. The van der Waals surface area contributed by atoms with E-state index in [0.29, 0.717) is 12.3 Å². The molecule has 3 heterocycles. The minimum atomic E-state index is -4.90. The number of hydrogen-bond acceptors (Lipinski definition) is 7. The molecule has 0 amide bonds. The van der Waals surface area contributed by atoms with Crippen molar-refractivity contribution in [3.8, 4) is 22.6 Å². The molecule has 2 aliphatic rings. The Morgan fingerprint density at radius 3 is 2.48 bits per heavy atom. The normalized spacial score (nSPS) is 18.2. The van der Waals surface area contributed by atoms with Crippen LogP contribution in [0.15, 0.2) is 59.8 Å². The van der Waals surface area contributed by atoms with Crippen molar-refractivity contribution in [3.63, 3.8) is 0 Å². The fourth-order valence-corrected chi connectivity index (χ4v) is 6.17. The van der Waals surface area contributed by atoms with Crippen molar-refractivity contribution in [2.45, 2.75) is 30.2 Å². The van der Waals surface area contributed by atoms with E-state index in [0.717, 1.165) is 28.7 Å². The highest BCUT2D eigenvalue weighted by Crippen LogP contribution is 2.44. The minimum absolute atomic E-state index is 0.0186. The minimum Gasteiger partial charge on any atom is -0.486 e. The number of alkyl halides is 5.